The molecular weight excluding hydrogens is 150 g/mol. The minimum absolute atomic E-state index is 0.130. The zero-order valence-electron chi connectivity index (χ0n) is 6.02. The summed E-state index contributed by atoms with van der Waals surface area (Å²) >= 11 is 5.44. The molecule has 0 radical (unpaired) electrons. The second-order valence-electron chi connectivity index (χ2n) is 1.37. The van der Waals surface area contributed by atoms with Crippen LogP contribution in [0.5, 0.6) is 0 Å². The molecule has 0 saturated heterocycles. The van der Waals surface area contributed by atoms with Gasteiger partial charge in [-0.05, 0) is 6.07 Å². The molecule has 56 valence electrons. The summed E-state index contributed by atoms with van der Waals surface area (Å²) in [6.45, 7) is 4.00. The van der Waals surface area contributed by atoms with Crippen molar-refractivity contribution < 1.29 is 0 Å². The maximum Gasteiger partial charge on any atom is 0.247 e. The van der Waals surface area contributed by atoms with Crippen LogP contribution in [0.3, 0.4) is 0 Å². The van der Waals surface area contributed by atoms with Crippen molar-refractivity contribution in [1.82, 2.24) is 4.98 Å². The first-order valence-corrected chi connectivity index (χ1v) is 3.51. The van der Waals surface area contributed by atoms with Crippen molar-refractivity contribution in [3.8, 4) is 0 Å². The fourth-order valence-corrected chi connectivity index (χ4v) is 0.509. The van der Waals surface area contributed by atoms with E-state index >= 15 is 0 Å². The zero-order chi connectivity index (χ0) is 7.98. The summed E-state index contributed by atoms with van der Waals surface area (Å²) in [5, 5.41) is 0.546. The van der Waals surface area contributed by atoms with Crippen molar-refractivity contribution >= 4 is 11.6 Å². The molecule has 0 bridgehead atoms. The van der Waals surface area contributed by atoms with Crippen LogP contribution in [-0.4, -0.2) is 4.98 Å². The van der Waals surface area contributed by atoms with E-state index in [1.807, 2.05) is 13.8 Å². The Labute approximate surface area is 64.9 Å². The van der Waals surface area contributed by atoms with Gasteiger partial charge in [0, 0.05) is 12.3 Å². The summed E-state index contributed by atoms with van der Waals surface area (Å²) in [5.41, 5.74) is -0.130. The van der Waals surface area contributed by atoms with Crippen LogP contribution in [-0.2, 0) is 0 Å². The zero-order valence-corrected chi connectivity index (χ0v) is 6.77. The van der Waals surface area contributed by atoms with E-state index < -0.39 is 0 Å². The predicted octanol–water partition coefficient (Wildman–Crippen LogP) is 2.05. The van der Waals surface area contributed by atoms with Gasteiger partial charge in [-0.3, -0.25) is 4.79 Å². The number of H-pyrrole nitrogens is 1. The quantitative estimate of drug-likeness (QED) is 0.618. The van der Waals surface area contributed by atoms with Crippen LogP contribution >= 0.6 is 11.6 Å². The van der Waals surface area contributed by atoms with Crippen LogP contribution in [0.4, 0.5) is 0 Å². The summed E-state index contributed by atoms with van der Waals surface area (Å²) in [6.07, 6.45) is 1.45. The molecule has 0 atom stereocenters. The van der Waals surface area contributed by atoms with Gasteiger partial charge in [0.05, 0.1) is 5.02 Å². The molecule has 0 aliphatic carbocycles. The van der Waals surface area contributed by atoms with E-state index in [0.29, 0.717) is 5.02 Å². The molecule has 0 aliphatic rings. The molecule has 0 amide bonds. The Bertz CT molecular complexity index is 211. The molecule has 0 saturated carbocycles. The minimum atomic E-state index is -0.130. The van der Waals surface area contributed by atoms with Crippen LogP contribution in [0.2, 0.25) is 5.02 Å². The molecule has 2 nitrogen and oxygen atoms in total. The number of hydrogen-bond acceptors (Lipinski definition) is 1. The highest BCUT2D eigenvalue weighted by Gasteiger charge is 1.81. The monoisotopic (exact) mass is 159 g/mol. The lowest BCUT2D eigenvalue weighted by Gasteiger charge is -1.81. The van der Waals surface area contributed by atoms with E-state index in [1.165, 1.54) is 12.3 Å². The number of hydrogen-bond donors (Lipinski definition) is 1. The van der Waals surface area contributed by atoms with E-state index in [9.17, 15) is 4.79 Å². The molecule has 0 fully saturated rings. The number of aromatic amines is 1. The topological polar surface area (TPSA) is 32.9 Å². The Balaban J connectivity index is 0.000000371. The first-order valence-electron chi connectivity index (χ1n) is 3.13. The second kappa shape index (κ2) is 5.06. The molecule has 1 rings (SSSR count). The fourth-order valence-electron chi connectivity index (χ4n) is 0.392. The smallest absolute Gasteiger partial charge is 0.247 e. The standard InChI is InChI=1S/C5H4ClNO.C2H6/c6-4-1-2-5(8)7-3-4;1-2/h1-3H,(H,7,8);1-2H3. The second-order valence-corrected chi connectivity index (χ2v) is 1.81. The molecule has 1 aromatic rings. The van der Waals surface area contributed by atoms with Crippen LogP contribution in [0.15, 0.2) is 23.1 Å². The largest absolute Gasteiger partial charge is 0.328 e. The average Bonchev–Trinajstić information content (AvgIpc) is 2.00. The third-order valence-electron chi connectivity index (χ3n) is 0.746. The summed E-state index contributed by atoms with van der Waals surface area (Å²) < 4.78 is 0. The number of nitrogens with one attached hydrogen (secondary N) is 1. The third-order valence-corrected chi connectivity index (χ3v) is 0.981. The van der Waals surface area contributed by atoms with Crippen LogP contribution in [0.1, 0.15) is 13.8 Å². The van der Waals surface area contributed by atoms with Gasteiger partial charge in [0.25, 0.3) is 0 Å². The Hall–Kier alpha value is -0.760. The van der Waals surface area contributed by atoms with E-state index in [2.05, 4.69) is 4.98 Å². The molecular formula is C7H10ClNO. The van der Waals surface area contributed by atoms with E-state index in [-0.39, 0.29) is 5.56 Å². The van der Waals surface area contributed by atoms with Gasteiger partial charge < -0.3 is 4.98 Å². The van der Waals surface area contributed by atoms with Crippen LogP contribution in [0, 0.1) is 0 Å². The summed E-state index contributed by atoms with van der Waals surface area (Å²) in [4.78, 5) is 12.7. The first kappa shape index (κ1) is 9.24. The SMILES string of the molecule is CC.O=c1ccc(Cl)c[nH]1. The number of aromatic nitrogens is 1. The maximum absolute atomic E-state index is 10.3. The molecule has 0 aromatic carbocycles. The molecule has 0 spiro atoms. The third kappa shape index (κ3) is 3.30. The summed E-state index contributed by atoms with van der Waals surface area (Å²) in [6, 6.07) is 2.92. The summed E-state index contributed by atoms with van der Waals surface area (Å²) in [5.74, 6) is 0. The van der Waals surface area contributed by atoms with Crippen molar-refractivity contribution in [2.45, 2.75) is 13.8 Å². The van der Waals surface area contributed by atoms with Gasteiger partial charge in [-0.2, -0.15) is 0 Å². The molecule has 1 N–H and O–H groups in total. The number of pyridine rings is 1. The summed E-state index contributed by atoms with van der Waals surface area (Å²) in [7, 11) is 0. The highest BCUT2D eigenvalue weighted by molar-refractivity contribution is 6.30. The van der Waals surface area contributed by atoms with Gasteiger partial charge in [-0.1, -0.05) is 25.4 Å². The van der Waals surface area contributed by atoms with Crippen molar-refractivity contribution in [2.24, 2.45) is 0 Å². The lowest BCUT2D eigenvalue weighted by molar-refractivity contribution is 1.24. The van der Waals surface area contributed by atoms with Gasteiger partial charge in [-0.25, -0.2) is 0 Å². The minimum Gasteiger partial charge on any atom is -0.328 e. The van der Waals surface area contributed by atoms with Crippen LogP contribution in [0.25, 0.3) is 0 Å². The fraction of sp³-hybridized carbons (Fsp3) is 0.286. The predicted molar refractivity (Wildman–Crippen MR) is 43.4 cm³/mol. The first-order chi connectivity index (χ1) is 4.79. The Morgan fingerprint density at radius 2 is 2.00 bits per heavy atom. The molecule has 10 heavy (non-hydrogen) atoms. The molecule has 0 unspecified atom stereocenters. The molecule has 3 heteroatoms. The average molecular weight is 160 g/mol. The van der Waals surface area contributed by atoms with E-state index in [0.717, 1.165) is 0 Å². The Kier molecular flexibility index (Phi) is 4.67. The van der Waals surface area contributed by atoms with Gasteiger partial charge in [0.2, 0.25) is 5.56 Å². The normalized spacial score (nSPS) is 7.90. The lowest BCUT2D eigenvalue weighted by atomic mass is 10.5. The lowest BCUT2D eigenvalue weighted by Crippen LogP contribution is -1.99. The van der Waals surface area contributed by atoms with Crippen molar-refractivity contribution in [1.29, 1.82) is 0 Å². The highest BCUT2D eigenvalue weighted by atomic mass is 35.5. The van der Waals surface area contributed by atoms with Gasteiger partial charge >= 0.3 is 0 Å². The highest BCUT2D eigenvalue weighted by Crippen LogP contribution is 1.99. The molecule has 1 aromatic heterocycles. The number of halogens is 1. The molecule has 1 heterocycles. The van der Waals surface area contributed by atoms with Gasteiger partial charge in [0.15, 0.2) is 0 Å². The van der Waals surface area contributed by atoms with E-state index in [1.54, 1.807) is 6.07 Å². The van der Waals surface area contributed by atoms with Crippen molar-refractivity contribution in [3.63, 3.8) is 0 Å². The van der Waals surface area contributed by atoms with Crippen molar-refractivity contribution in [3.05, 3.63) is 33.7 Å². The van der Waals surface area contributed by atoms with Crippen LogP contribution < -0.4 is 5.56 Å². The Morgan fingerprint density at radius 3 is 2.30 bits per heavy atom. The van der Waals surface area contributed by atoms with Crippen molar-refractivity contribution in [2.75, 3.05) is 0 Å². The van der Waals surface area contributed by atoms with E-state index in [4.69, 9.17) is 11.6 Å². The maximum atomic E-state index is 10.3. The number of rotatable bonds is 0. The Morgan fingerprint density at radius 1 is 1.40 bits per heavy atom. The molecule has 0 aliphatic heterocycles. The van der Waals surface area contributed by atoms with Gasteiger partial charge in [-0.15, -0.1) is 0 Å². The van der Waals surface area contributed by atoms with Gasteiger partial charge in [0.1, 0.15) is 0 Å².